The van der Waals surface area contributed by atoms with Crippen molar-refractivity contribution in [3.8, 4) is 0 Å². The van der Waals surface area contributed by atoms with E-state index in [1.165, 1.54) is 0 Å². The van der Waals surface area contributed by atoms with E-state index in [0.29, 0.717) is 0 Å². The van der Waals surface area contributed by atoms with Gasteiger partial charge in [-0.05, 0) is 6.92 Å². The van der Waals surface area contributed by atoms with E-state index in [1.807, 2.05) is 0 Å². The van der Waals surface area contributed by atoms with E-state index in [2.05, 4.69) is 9.84 Å². The minimum Gasteiger partial charge on any atom is -0.465 e. The minimum atomic E-state index is -0.550. The predicted octanol–water partition coefficient (Wildman–Crippen LogP) is 1.11. The monoisotopic (exact) mass is 250 g/mol. The number of halogens is 2. The van der Waals surface area contributed by atoms with Crippen LogP contribution in [0.2, 0.25) is 10.2 Å². The maximum atomic E-state index is 11.3. The average Bonchev–Trinajstić information content (AvgIpc) is 2.14. The largest absolute Gasteiger partial charge is 0.465 e. The zero-order valence-corrected chi connectivity index (χ0v) is 9.38. The van der Waals surface area contributed by atoms with Crippen LogP contribution in [0.5, 0.6) is 0 Å². The van der Waals surface area contributed by atoms with Crippen LogP contribution in [0.1, 0.15) is 6.92 Å². The van der Waals surface area contributed by atoms with Crippen molar-refractivity contribution in [2.75, 3.05) is 6.61 Å². The number of hydrogen-bond donors (Lipinski definition) is 0. The van der Waals surface area contributed by atoms with E-state index in [1.54, 1.807) is 6.92 Å². The van der Waals surface area contributed by atoms with Gasteiger partial charge in [0.2, 0.25) is 0 Å². The fourth-order valence-corrected chi connectivity index (χ4v) is 1.16. The van der Waals surface area contributed by atoms with Gasteiger partial charge < -0.3 is 4.74 Å². The third-order valence-electron chi connectivity index (χ3n) is 1.49. The Labute approximate surface area is 95.6 Å². The number of nitrogens with zero attached hydrogens (tertiary/aromatic N) is 2. The molecule has 1 rings (SSSR count). The molecule has 7 heteroatoms. The Morgan fingerprint density at radius 3 is 2.87 bits per heavy atom. The summed E-state index contributed by atoms with van der Waals surface area (Å²) in [4.78, 5) is 22.3. The number of ether oxygens (including phenoxy) is 1. The molecule has 0 atom stereocenters. The number of esters is 1. The van der Waals surface area contributed by atoms with Gasteiger partial charge in [-0.2, -0.15) is 5.10 Å². The molecule has 0 bridgehead atoms. The molecule has 0 saturated heterocycles. The van der Waals surface area contributed by atoms with E-state index >= 15 is 0 Å². The molecule has 15 heavy (non-hydrogen) atoms. The van der Waals surface area contributed by atoms with Crippen molar-refractivity contribution in [1.29, 1.82) is 0 Å². The summed E-state index contributed by atoms with van der Waals surface area (Å²) in [5.41, 5.74) is -0.502. The summed E-state index contributed by atoms with van der Waals surface area (Å²) in [7, 11) is 0. The van der Waals surface area contributed by atoms with Gasteiger partial charge in [-0.3, -0.25) is 9.59 Å². The van der Waals surface area contributed by atoms with Gasteiger partial charge in [-0.15, -0.1) is 0 Å². The second-order valence-corrected chi connectivity index (χ2v) is 3.35. The standard InChI is InChI=1S/C8H8Cl2N2O3/c1-2-15-7(14)4-12-6(13)3-5(9)8(10)11-12/h3H,2,4H2,1H3. The van der Waals surface area contributed by atoms with Crippen LogP contribution in [0.25, 0.3) is 0 Å². The summed E-state index contributed by atoms with van der Waals surface area (Å²) in [6.45, 7) is 1.64. The first kappa shape index (κ1) is 12.0. The van der Waals surface area contributed by atoms with Crippen molar-refractivity contribution in [1.82, 2.24) is 9.78 Å². The number of carbonyl (C=O) groups is 1. The van der Waals surface area contributed by atoms with Crippen molar-refractivity contribution in [2.45, 2.75) is 13.5 Å². The summed E-state index contributed by atoms with van der Waals surface area (Å²) in [6.07, 6.45) is 0. The molecule has 0 spiro atoms. The molecule has 0 aliphatic heterocycles. The Hall–Kier alpha value is -1.07. The van der Waals surface area contributed by atoms with Gasteiger partial charge in [0.05, 0.1) is 11.6 Å². The van der Waals surface area contributed by atoms with Crippen LogP contribution in [0.3, 0.4) is 0 Å². The third-order valence-corrected chi connectivity index (χ3v) is 2.16. The molecule has 0 N–H and O–H groups in total. The quantitative estimate of drug-likeness (QED) is 0.755. The van der Waals surface area contributed by atoms with Crippen LogP contribution in [-0.2, 0) is 16.1 Å². The van der Waals surface area contributed by atoms with E-state index in [0.717, 1.165) is 10.7 Å². The predicted molar refractivity (Wildman–Crippen MR) is 55.2 cm³/mol. The highest BCUT2D eigenvalue weighted by molar-refractivity contribution is 6.41. The molecule has 0 saturated carbocycles. The van der Waals surface area contributed by atoms with Crippen molar-refractivity contribution < 1.29 is 9.53 Å². The van der Waals surface area contributed by atoms with Crippen LogP contribution in [0, 0.1) is 0 Å². The number of aromatic nitrogens is 2. The van der Waals surface area contributed by atoms with Gasteiger partial charge in [0, 0.05) is 6.07 Å². The molecule has 0 aliphatic carbocycles. The second-order valence-electron chi connectivity index (χ2n) is 2.58. The lowest BCUT2D eigenvalue weighted by molar-refractivity contribution is -0.144. The summed E-state index contributed by atoms with van der Waals surface area (Å²) in [5, 5.41) is 3.66. The molecule has 1 aromatic rings. The molecule has 0 fully saturated rings. The molecule has 1 heterocycles. The van der Waals surface area contributed by atoms with Crippen LogP contribution < -0.4 is 5.56 Å². The third kappa shape index (κ3) is 3.21. The van der Waals surface area contributed by atoms with E-state index < -0.39 is 11.5 Å². The first-order valence-electron chi connectivity index (χ1n) is 4.13. The number of rotatable bonds is 3. The molecular weight excluding hydrogens is 243 g/mol. The molecule has 0 aromatic carbocycles. The minimum absolute atomic E-state index is 0.0273. The normalized spacial score (nSPS) is 10.1. The maximum absolute atomic E-state index is 11.3. The molecular formula is C8H8Cl2N2O3. The Kier molecular flexibility index (Phi) is 4.11. The van der Waals surface area contributed by atoms with Gasteiger partial charge in [-0.1, -0.05) is 23.2 Å². The topological polar surface area (TPSA) is 61.2 Å². The lowest BCUT2D eigenvalue weighted by Gasteiger charge is -2.04. The van der Waals surface area contributed by atoms with Crippen LogP contribution in [-0.4, -0.2) is 22.4 Å². The Bertz CT molecular complexity index is 430. The number of carbonyl (C=O) groups excluding carboxylic acids is 1. The lowest BCUT2D eigenvalue weighted by Crippen LogP contribution is -2.27. The smallest absolute Gasteiger partial charge is 0.327 e. The molecule has 0 amide bonds. The summed E-state index contributed by atoms with van der Waals surface area (Å²) < 4.78 is 5.55. The summed E-state index contributed by atoms with van der Waals surface area (Å²) in [6, 6.07) is 1.09. The van der Waals surface area contributed by atoms with Crippen molar-refractivity contribution in [3.63, 3.8) is 0 Å². The number of hydrogen-bond acceptors (Lipinski definition) is 4. The summed E-state index contributed by atoms with van der Waals surface area (Å²) in [5.74, 6) is -0.550. The van der Waals surface area contributed by atoms with Gasteiger partial charge in [0.25, 0.3) is 5.56 Å². The zero-order chi connectivity index (χ0) is 11.4. The molecule has 0 unspecified atom stereocenters. The lowest BCUT2D eigenvalue weighted by atomic mass is 10.5. The van der Waals surface area contributed by atoms with Gasteiger partial charge in [0.15, 0.2) is 5.15 Å². The molecule has 82 valence electrons. The van der Waals surface area contributed by atoms with Crippen molar-refractivity contribution in [2.24, 2.45) is 0 Å². The fraction of sp³-hybridized carbons (Fsp3) is 0.375. The molecule has 1 aromatic heterocycles. The van der Waals surface area contributed by atoms with Gasteiger partial charge in [-0.25, -0.2) is 4.68 Å². The van der Waals surface area contributed by atoms with E-state index in [9.17, 15) is 9.59 Å². The van der Waals surface area contributed by atoms with E-state index in [-0.39, 0.29) is 23.3 Å². The SMILES string of the molecule is CCOC(=O)Cn1nc(Cl)c(Cl)cc1=O. The van der Waals surface area contributed by atoms with Gasteiger partial charge in [0.1, 0.15) is 6.54 Å². The molecule has 5 nitrogen and oxygen atoms in total. The highest BCUT2D eigenvalue weighted by Crippen LogP contribution is 2.14. The first-order valence-corrected chi connectivity index (χ1v) is 4.89. The zero-order valence-electron chi connectivity index (χ0n) is 7.87. The average molecular weight is 251 g/mol. The van der Waals surface area contributed by atoms with Crippen molar-refractivity contribution >= 4 is 29.2 Å². The van der Waals surface area contributed by atoms with Crippen LogP contribution >= 0.6 is 23.2 Å². The van der Waals surface area contributed by atoms with Gasteiger partial charge >= 0.3 is 5.97 Å². The summed E-state index contributed by atoms with van der Waals surface area (Å²) >= 11 is 11.2. The molecule has 0 radical (unpaired) electrons. The highest BCUT2D eigenvalue weighted by Gasteiger charge is 2.09. The van der Waals surface area contributed by atoms with E-state index in [4.69, 9.17) is 23.2 Å². The molecule has 0 aliphatic rings. The Morgan fingerprint density at radius 2 is 2.27 bits per heavy atom. The Balaban J connectivity index is 2.91. The second kappa shape index (κ2) is 5.14. The van der Waals surface area contributed by atoms with Crippen LogP contribution in [0.15, 0.2) is 10.9 Å². The maximum Gasteiger partial charge on any atom is 0.327 e. The highest BCUT2D eigenvalue weighted by atomic mass is 35.5. The first-order chi connectivity index (χ1) is 7.04. The van der Waals surface area contributed by atoms with Crippen molar-refractivity contribution in [3.05, 3.63) is 26.6 Å². The fourth-order valence-electron chi connectivity index (χ4n) is 0.888. The Morgan fingerprint density at radius 1 is 1.60 bits per heavy atom. The van der Waals surface area contributed by atoms with Crippen LogP contribution in [0.4, 0.5) is 0 Å².